The lowest BCUT2D eigenvalue weighted by Gasteiger charge is -2.13. The standard InChI is InChI=1S/C13H15F2N/c1-3-4-5-6-13(16)10-7-9(2)11(14)8-12(10)15/h1,7-8,13H,4-6,16H2,2H3. The van der Waals surface area contributed by atoms with E-state index in [1.54, 1.807) is 6.92 Å². The Kier molecular flexibility index (Phi) is 4.45. The quantitative estimate of drug-likeness (QED) is 0.616. The lowest BCUT2D eigenvalue weighted by Crippen LogP contribution is -2.12. The van der Waals surface area contributed by atoms with Gasteiger partial charge in [0.05, 0.1) is 0 Å². The third-order valence-corrected chi connectivity index (χ3v) is 2.51. The smallest absolute Gasteiger partial charge is 0.130 e. The van der Waals surface area contributed by atoms with Crippen LogP contribution in [-0.4, -0.2) is 0 Å². The zero-order valence-corrected chi connectivity index (χ0v) is 9.26. The fraction of sp³-hybridized carbons (Fsp3) is 0.385. The van der Waals surface area contributed by atoms with Gasteiger partial charge in [-0.15, -0.1) is 12.3 Å². The number of unbranched alkanes of at least 4 members (excludes halogenated alkanes) is 1. The van der Waals surface area contributed by atoms with Crippen LogP contribution >= 0.6 is 0 Å². The summed E-state index contributed by atoms with van der Waals surface area (Å²) in [5, 5.41) is 0. The average molecular weight is 223 g/mol. The Morgan fingerprint density at radius 1 is 1.38 bits per heavy atom. The van der Waals surface area contributed by atoms with Gasteiger partial charge in [-0.25, -0.2) is 8.78 Å². The van der Waals surface area contributed by atoms with Crippen LogP contribution < -0.4 is 5.73 Å². The minimum Gasteiger partial charge on any atom is -0.324 e. The van der Waals surface area contributed by atoms with E-state index in [1.165, 1.54) is 6.07 Å². The number of nitrogens with two attached hydrogens (primary N) is 1. The Labute approximate surface area is 94.7 Å². The van der Waals surface area contributed by atoms with Crippen molar-refractivity contribution in [1.82, 2.24) is 0 Å². The number of hydrogen-bond donors (Lipinski definition) is 1. The Bertz CT molecular complexity index is 407. The van der Waals surface area contributed by atoms with Gasteiger partial charge in [0, 0.05) is 24.1 Å². The lowest BCUT2D eigenvalue weighted by molar-refractivity contribution is 0.534. The summed E-state index contributed by atoms with van der Waals surface area (Å²) in [6.45, 7) is 1.59. The van der Waals surface area contributed by atoms with Gasteiger partial charge in [-0.3, -0.25) is 0 Å². The molecule has 3 heteroatoms. The van der Waals surface area contributed by atoms with Gasteiger partial charge in [0.2, 0.25) is 0 Å². The van der Waals surface area contributed by atoms with Crippen LogP contribution in [0.3, 0.4) is 0 Å². The molecule has 0 aliphatic rings. The Morgan fingerprint density at radius 2 is 2.06 bits per heavy atom. The second-order valence-electron chi connectivity index (χ2n) is 3.83. The second-order valence-corrected chi connectivity index (χ2v) is 3.83. The van der Waals surface area contributed by atoms with Gasteiger partial charge < -0.3 is 5.73 Å². The van der Waals surface area contributed by atoms with E-state index < -0.39 is 17.7 Å². The van der Waals surface area contributed by atoms with Crippen molar-refractivity contribution < 1.29 is 8.78 Å². The van der Waals surface area contributed by atoms with Crippen LogP contribution in [0.25, 0.3) is 0 Å². The maximum absolute atomic E-state index is 13.4. The highest BCUT2D eigenvalue weighted by Crippen LogP contribution is 2.22. The van der Waals surface area contributed by atoms with Crippen LogP contribution in [0.5, 0.6) is 0 Å². The number of terminal acetylenes is 1. The van der Waals surface area contributed by atoms with Gasteiger partial charge in [0.15, 0.2) is 0 Å². The fourth-order valence-electron chi connectivity index (χ4n) is 1.54. The van der Waals surface area contributed by atoms with Crippen LogP contribution in [0.4, 0.5) is 8.78 Å². The molecule has 1 nitrogen and oxygen atoms in total. The van der Waals surface area contributed by atoms with Crippen molar-refractivity contribution in [3.63, 3.8) is 0 Å². The summed E-state index contributed by atoms with van der Waals surface area (Å²) in [5.41, 5.74) is 6.59. The van der Waals surface area contributed by atoms with Crippen LogP contribution in [0.2, 0.25) is 0 Å². The van der Waals surface area contributed by atoms with E-state index in [9.17, 15) is 8.78 Å². The SMILES string of the molecule is C#CCCCC(N)c1cc(C)c(F)cc1F. The molecule has 0 fully saturated rings. The Morgan fingerprint density at radius 3 is 2.69 bits per heavy atom. The molecule has 86 valence electrons. The summed E-state index contributed by atoms with van der Waals surface area (Å²) in [6.07, 6.45) is 7.08. The molecule has 0 radical (unpaired) electrons. The van der Waals surface area contributed by atoms with Crippen LogP contribution in [0.15, 0.2) is 12.1 Å². The van der Waals surface area contributed by atoms with E-state index >= 15 is 0 Å². The monoisotopic (exact) mass is 223 g/mol. The lowest BCUT2D eigenvalue weighted by atomic mass is 9.99. The first-order valence-corrected chi connectivity index (χ1v) is 5.21. The van der Waals surface area contributed by atoms with Gasteiger partial charge in [-0.05, 0) is 31.4 Å². The zero-order valence-electron chi connectivity index (χ0n) is 9.26. The van der Waals surface area contributed by atoms with Crippen molar-refractivity contribution in [2.75, 3.05) is 0 Å². The third kappa shape index (κ3) is 3.04. The Balaban J connectivity index is 2.79. The van der Waals surface area contributed by atoms with Crippen molar-refractivity contribution in [2.45, 2.75) is 32.2 Å². The molecular weight excluding hydrogens is 208 g/mol. The Hall–Kier alpha value is -1.40. The van der Waals surface area contributed by atoms with E-state index in [4.69, 9.17) is 12.2 Å². The molecule has 0 spiro atoms. The molecule has 1 aromatic carbocycles. The molecule has 16 heavy (non-hydrogen) atoms. The first kappa shape index (κ1) is 12.7. The minimum absolute atomic E-state index is 0.357. The molecule has 1 unspecified atom stereocenters. The average Bonchev–Trinajstić information content (AvgIpc) is 2.23. The highest BCUT2D eigenvalue weighted by atomic mass is 19.1. The molecule has 2 N–H and O–H groups in total. The summed E-state index contributed by atoms with van der Waals surface area (Å²) in [4.78, 5) is 0. The van der Waals surface area contributed by atoms with Gasteiger partial charge >= 0.3 is 0 Å². The maximum atomic E-state index is 13.4. The number of aryl methyl sites for hydroxylation is 1. The largest absolute Gasteiger partial charge is 0.324 e. The second kappa shape index (κ2) is 5.62. The normalized spacial score (nSPS) is 12.2. The van der Waals surface area contributed by atoms with Gasteiger partial charge in [0.25, 0.3) is 0 Å². The van der Waals surface area contributed by atoms with Crippen molar-refractivity contribution in [3.05, 3.63) is 34.9 Å². The van der Waals surface area contributed by atoms with Crippen LogP contribution in [0.1, 0.15) is 36.4 Å². The predicted molar refractivity (Wildman–Crippen MR) is 60.7 cm³/mol. The number of hydrogen-bond acceptors (Lipinski definition) is 1. The number of rotatable bonds is 4. The highest BCUT2D eigenvalue weighted by molar-refractivity contribution is 5.28. The topological polar surface area (TPSA) is 26.0 Å². The van der Waals surface area contributed by atoms with Crippen molar-refractivity contribution in [1.29, 1.82) is 0 Å². The van der Waals surface area contributed by atoms with Crippen LogP contribution in [0, 0.1) is 30.9 Å². The van der Waals surface area contributed by atoms with Crippen molar-refractivity contribution in [2.24, 2.45) is 5.73 Å². The zero-order chi connectivity index (χ0) is 12.1. The molecule has 0 aromatic heterocycles. The molecule has 1 atom stereocenters. The summed E-state index contributed by atoms with van der Waals surface area (Å²) < 4.78 is 26.5. The van der Waals surface area contributed by atoms with Gasteiger partial charge in [-0.2, -0.15) is 0 Å². The molecular formula is C13H15F2N. The molecule has 0 heterocycles. The van der Waals surface area contributed by atoms with E-state index in [0.29, 0.717) is 24.0 Å². The summed E-state index contributed by atoms with van der Waals surface area (Å²) >= 11 is 0. The molecule has 0 amide bonds. The maximum Gasteiger partial charge on any atom is 0.130 e. The van der Waals surface area contributed by atoms with Crippen LogP contribution in [-0.2, 0) is 0 Å². The number of halogens is 2. The summed E-state index contributed by atoms with van der Waals surface area (Å²) in [5.74, 6) is 1.37. The molecule has 0 saturated carbocycles. The van der Waals surface area contributed by atoms with Gasteiger partial charge in [0.1, 0.15) is 11.6 Å². The molecule has 0 bridgehead atoms. The van der Waals surface area contributed by atoms with E-state index in [-0.39, 0.29) is 0 Å². The summed E-state index contributed by atoms with van der Waals surface area (Å²) in [6, 6.07) is 1.92. The molecule has 0 aliphatic heterocycles. The van der Waals surface area contributed by atoms with Crippen molar-refractivity contribution in [3.8, 4) is 12.3 Å². The minimum atomic E-state index is -0.587. The molecule has 1 rings (SSSR count). The highest BCUT2D eigenvalue weighted by Gasteiger charge is 2.13. The van der Waals surface area contributed by atoms with E-state index in [1.807, 2.05) is 0 Å². The first-order chi connectivity index (χ1) is 7.56. The first-order valence-electron chi connectivity index (χ1n) is 5.21. The number of benzene rings is 1. The van der Waals surface area contributed by atoms with E-state index in [0.717, 1.165) is 12.5 Å². The molecule has 0 aliphatic carbocycles. The van der Waals surface area contributed by atoms with Gasteiger partial charge in [-0.1, -0.05) is 0 Å². The fourth-order valence-corrected chi connectivity index (χ4v) is 1.54. The van der Waals surface area contributed by atoms with Crippen molar-refractivity contribution >= 4 is 0 Å². The summed E-state index contributed by atoms with van der Waals surface area (Å²) in [7, 11) is 0. The predicted octanol–water partition coefficient (Wildman–Crippen LogP) is 3.08. The van der Waals surface area contributed by atoms with E-state index in [2.05, 4.69) is 5.92 Å². The third-order valence-electron chi connectivity index (χ3n) is 2.51. The molecule has 0 saturated heterocycles. The molecule has 1 aromatic rings.